The van der Waals surface area contributed by atoms with Crippen LogP contribution in [-0.2, 0) is 4.84 Å². The quantitative estimate of drug-likeness (QED) is 0.338. The molecule has 0 aliphatic rings. The van der Waals surface area contributed by atoms with Gasteiger partial charge in [0.25, 0.3) is 0 Å². The van der Waals surface area contributed by atoms with E-state index in [1.165, 1.54) is 0 Å². The summed E-state index contributed by atoms with van der Waals surface area (Å²) in [4.78, 5) is 4.53. The summed E-state index contributed by atoms with van der Waals surface area (Å²) in [6.45, 7) is 3.74. The first-order valence-corrected chi connectivity index (χ1v) is 2.15. The SMILES string of the molecule is C=CCON/C=C\F. The van der Waals surface area contributed by atoms with E-state index in [4.69, 9.17) is 0 Å². The molecule has 46 valence electrons. The molecule has 0 saturated carbocycles. The minimum atomic E-state index is 0.350. The molecule has 0 radical (unpaired) electrons. The summed E-state index contributed by atoms with van der Waals surface area (Å²) in [7, 11) is 0. The Morgan fingerprint density at radius 2 is 2.50 bits per heavy atom. The Bertz CT molecular complexity index is 82.5. The van der Waals surface area contributed by atoms with E-state index >= 15 is 0 Å². The smallest absolute Gasteiger partial charge is 0.105 e. The third-order valence-corrected chi connectivity index (χ3v) is 0.416. The van der Waals surface area contributed by atoms with Crippen LogP contribution in [0.15, 0.2) is 25.2 Å². The third-order valence-electron chi connectivity index (χ3n) is 0.416. The molecule has 8 heavy (non-hydrogen) atoms. The highest BCUT2D eigenvalue weighted by atomic mass is 19.1. The lowest BCUT2D eigenvalue weighted by Gasteiger charge is -1.93. The lowest BCUT2D eigenvalue weighted by atomic mass is 10.7. The highest BCUT2D eigenvalue weighted by Gasteiger charge is 1.70. The molecule has 0 unspecified atom stereocenters. The fraction of sp³-hybridized carbons (Fsp3) is 0.200. The molecule has 2 nitrogen and oxygen atoms in total. The molecule has 0 bridgehead atoms. The van der Waals surface area contributed by atoms with Crippen molar-refractivity contribution in [3.05, 3.63) is 25.2 Å². The van der Waals surface area contributed by atoms with Crippen LogP contribution in [0.25, 0.3) is 0 Å². The van der Waals surface area contributed by atoms with Crippen molar-refractivity contribution in [2.75, 3.05) is 6.61 Å². The van der Waals surface area contributed by atoms with Gasteiger partial charge in [-0.05, 0) is 0 Å². The zero-order valence-electron chi connectivity index (χ0n) is 4.43. The highest BCUT2D eigenvalue weighted by Crippen LogP contribution is 1.69. The van der Waals surface area contributed by atoms with Gasteiger partial charge >= 0.3 is 0 Å². The molecular formula is C5H8FNO. The van der Waals surface area contributed by atoms with E-state index in [-0.39, 0.29) is 0 Å². The number of hydrogen-bond acceptors (Lipinski definition) is 2. The second kappa shape index (κ2) is 6.17. The second-order valence-corrected chi connectivity index (χ2v) is 1.01. The third kappa shape index (κ3) is 5.17. The van der Waals surface area contributed by atoms with Crippen molar-refractivity contribution in [3.63, 3.8) is 0 Å². The lowest BCUT2D eigenvalue weighted by Crippen LogP contribution is -2.04. The summed E-state index contributed by atoms with van der Waals surface area (Å²) in [6.07, 6.45) is 2.95. The van der Waals surface area contributed by atoms with Crippen LogP contribution in [0.5, 0.6) is 0 Å². The van der Waals surface area contributed by atoms with Crippen molar-refractivity contribution in [1.29, 1.82) is 0 Å². The predicted molar refractivity (Wildman–Crippen MR) is 29.5 cm³/mol. The van der Waals surface area contributed by atoms with Gasteiger partial charge in [0, 0.05) is 0 Å². The molecule has 0 saturated heterocycles. The van der Waals surface area contributed by atoms with Crippen LogP contribution in [0.1, 0.15) is 0 Å². The number of halogens is 1. The Kier molecular flexibility index (Phi) is 5.53. The van der Waals surface area contributed by atoms with Crippen molar-refractivity contribution in [2.24, 2.45) is 0 Å². The van der Waals surface area contributed by atoms with Crippen LogP contribution in [0.4, 0.5) is 4.39 Å². The van der Waals surface area contributed by atoms with Crippen molar-refractivity contribution >= 4 is 0 Å². The van der Waals surface area contributed by atoms with E-state index < -0.39 is 0 Å². The van der Waals surface area contributed by atoms with E-state index in [0.717, 1.165) is 6.20 Å². The van der Waals surface area contributed by atoms with Crippen LogP contribution in [-0.4, -0.2) is 6.61 Å². The van der Waals surface area contributed by atoms with Crippen molar-refractivity contribution in [3.8, 4) is 0 Å². The maximum Gasteiger partial charge on any atom is 0.105 e. The summed E-state index contributed by atoms with van der Waals surface area (Å²) in [5.74, 6) is 0. The Morgan fingerprint density at radius 3 is 3.00 bits per heavy atom. The van der Waals surface area contributed by atoms with E-state index in [0.29, 0.717) is 12.9 Å². The second-order valence-electron chi connectivity index (χ2n) is 1.01. The summed E-state index contributed by atoms with van der Waals surface area (Å²) < 4.78 is 11.1. The monoisotopic (exact) mass is 117 g/mol. The summed E-state index contributed by atoms with van der Waals surface area (Å²) >= 11 is 0. The zero-order valence-corrected chi connectivity index (χ0v) is 4.43. The number of rotatable bonds is 4. The standard InChI is InChI=1S/C5H8FNO/c1-2-5-8-7-4-3-6/h2-4,7H,1,5H2/b4-3-. The minimum Gasteiger partial charge on any atom is -0.272 e. The van der Waals surface area contributed by atoms with Crippen LogP contribution in [0, 0.1) is 0 Å². The number of hydroxylamine groups is 1. The van der Waals surface area contributed by atoms with Gasteiger partial charge in [0.05, 0.1) is 12.8 Å². The number of hydrogen-bond donors (Lipinski definition) is 1. The molecule has 0 spiro atoms. The molecule has 0 rings (SSSR count). The van der Waals surface area contributed by atoms with Crippen molar-refractivity contribution in [1.82, 2.24) is 5.48 Å². The Hall–Kier alpha value is -0.830. The molecule has 0 amide bonds. The molecule has 0 heterocycles. The lowest BCUT2D eigenvalue weighted by molar-refractivity contribution is 0.0948. The fourth-order valence-electron chi connectivity index (χ4n) is 0.181. The fourth-order valence-corrected chi connectivity index (χ4v) is 0.181. The Morgan fingerprint density at radius 1 is 1.75 bits per heavy atom. The molecule has 0 atom stereocenters. The molecule has 1 N–H and O–H groups in total. The average Bonchev–Trinajstić information content (AvgIpc) is 1.81. The normalized spacial score (nSPS) is 9.62. The molecule has 0 aromatic rings. The van der Waals surface area contributed by atoms with Gasteiger partial charge in [0.15, 0.2) is 0 Å². The van der Waals surface area contributed by atoms with Crippen LogP contribution < -0.4 is 5.48 Å². The van der Waals surface area contributed by atoms with Gasteiger partial charge < -0.3 is 0 Å². The average molecular weight is 117 g/mol. The summed E-state index contributed by atoms with van der Waals surface area (Å²) in [6, 6.07) is 0. The van der Waals surface area contributed by atoms with E-state index in [9.17, 15) is 4.39 Å². The van der Waals surface area contributed by atoms with Crippen molar-refractivity contribution in [2.45, 2.75) is 0 Å². The van der Waals surface area contributed by atoms with Gasteiger partial charge in [0.2, 0.25) is 0 Å². The zero-order chi connectivity index (χ0) is 6.24. The maximum atomic E-state index is 11.1. The molecular weight excluding hydrogens is 109 g/mol. The van der Waals surface area contributed by atoms with E-state index in [2.05, 4.69) is 16.9 Å². The Balaban J connectivity index is 2.82. The Labute approximate surface area is 47.6 Å². The first-order valence-electron chi connectivity index (χ1n) is 2.15. The van der Waals surface area contributed by atoms with E-state index in [1.54, 1.807) is 6.08 Å². The maximum absolute atomic E-state index is 11.1. The molecule has 0 fully saturated rings. The first kappa shape index (κ1) is 7.17. The van der Waals surface area contributed by atoms with Gasteiger partial charge in [-0.15, -0.1) is 6.58 Å². The van der Waals surface area contributed by atoms with Crippen LogP contribution in [0.3, 0.4) is 0 Å². The molecule has 0 aliphatic heterocycles. The van der Waals surface area contributed by atoms with Crippen LogP contribution in [0.2, 0.25) is 0 Å². The van der Waals surface area contributed by atoms with Crippen molar-refractivity contribution < 1.29 is 9.23 Å². The highest BCUT2D eigenvalue weighted by molar-refractivity contribution is 4.66. The largest absolute Gasteiger partial charge is 0.272 e. The summed E-state index contributed by atoms with van der Waals surface area (Å²) in [5.41, 5.74) is 2.21. The van der Waals surface area contributed by atoms with Gasteiger partial charge in [-0.25, -0.2) is 4.39 Å². The minimum absolute atomic E-state index is 0.350. The first-order chi connectivity index (χ1) is 3.91. The predicted octanol–water partition coefficient (Wildman–Crippen LogP) is 1.13. The number of nitrogens with one attached hydrogen (secondary N) is 1. The molecule has 0 aromatic heterocycles. The van der Waals surface area contributed by atoms with Crippen LogP contribution >= 0.6 is 0 Å². The summed E-state index contributed by atoms with van der Waals surface area (Å²) in [5, 5.41) is 0. The van der Waals surface area contributed by atoms with Gasteiger partial charge in [-0.3, -0.25) is 10.3 Å². The molecule has 3 heteroatoms. The van der Waals surface area contributed by atoms with Gasteiger partial charge in [0.1, 0.15) is 6.33 Å². The molecule has 0 aliphatic carbocycles. The molecule has 0 aromatic carbocycles. The topological polar surface area (TPSA) is 21.3 Å². The van der Waals surface area contributed by atoms with E-state index in [1.807, 2.05) is 0 Å². The van der Waals surface area contributed by atoms with Gasteiger partial charge in [-0.2, -0.15) is 0 Å². The van der Waals surface area contributed by atoms with Gasteiger partial charge in [-0.1, -0.05) is 6.08 Å².